The molecule has 0 aromatic heterocycles. The number of benzene rings is 1. The minimum Gasteiger partial charge on any atom is -0.506 e. The molecule has 2 N–H and O–H groups in total. The Morgan fingerprint density at radius 1 is 1.24 bits per heavy atom. The molecule has 21 heavy (non-hydrogen) atoms. The molecule has 1 aliphatic heterocycles. The molecule has 0 spiro atoms. The monoisotopic (exact) mass is 288 g/mol. The van der Waals surface area contributed by atoms with Crippen LogP contribution in [0.2, 0.25) is 0 Å². The summed E-state index contributed by atoms with van der Waals surface area (Å²) in [6.45, 7) is 5.92. The molecule has 5 nitrogen and oxygen atoms in total. The van der Waals surface area contributed by atoms with Crippen molar-refractivity contribution in [1.82, 2.24) is 10.2 Å². The second kappa shape index (κ2) is 5.84. The van der Waals surface area contributed by atoms with Crippen molar-refractivity contribution >= 4 is 11.6 Å². The predicted molar refractivity (Wildman–Crippen MR) is 86.0 cm³/mol. The fraction of sp³-hybridized carbons (Fsp3) is 0.562. The molecule has 1 heterocycles. The number of anilines is 1. The van der Waals surface area contributed by atoms with E-state index in [0.29, 0.717) is 11.8 Å². The van der Waals surface area contributed by atoms with Gasteiger partial charge in [-0.3, -0.25) is 4.99 Å². The number of nitrogens with zero attached hydrogens (tertiary/aromatic N) is 3. The van der Waals surface area contributed by atoms with Gasteiger partial charge in [0.25, 0.3) is 0 Å². The second-order valence-corrected chi connectivity index (χ2v) is 5.97. The first kappa shape index (κ1) is 14.0. The first-order valence-corrected chi connectivity index (χ1v) is 7.70. The van der Waals surface area contributed by atoms with Crippen molar-refractivity contribution in [2.45, 2.75) is 19.4 Å². The van der Waals surface area contributed by atoms with Crippen molar-refractivity contribution < 1.29 is 5.11 Å². The topological polar surface area (TPSA) is 51.1 Å². The number of aliphatic imine (C=N–C) groups is 1. The van der Waals surface area contributed by atoms with E-state index in [1.807, 2.05) is 25.2 Å². The lowest BCUT2D eigenvalue weighted by atomic mass is 10.2. The molecule has 2 atom stereocenters. The van der Waals surface area contributed by atoms with E-state index in [9.17, 15) is 5.11 Å². The van der Waals surface area contributed by atoms with Gasteiger partial charge in [0.15, 0.2) is 5.96 Å². The maximum absolute atomic E-state index is 9.95. The number of piperazine rings is 1. The van der Waals surface area contributed by atoms with Gasteiger partial charge in [-0.25, -0.2) is 0 Å². The molecule has 1 saturated heterocycles. The van der Waals surface area contributed by atoms with Gasteiger partial charge in [0.1, 0.15) is 5.75 Å². The van der Waals surface area contributed by atoms with E-state index in [-0.39, 0.29) is 0 Å². The van der Waals surface area contributed by atoms with E-state index in [2.05, 4.69) is 27.0 Å². The number of para-hydroxylation sites is 2. The third-order valence-corrected chi connectivity index (χ3v) is 4.44. The third kappa shape index (κ3) is 3.06. The predicted octanol–water partition coefficient (Wildman–Crippen LogP) is 1.50. The standard InChI is InChI=1S/C16H24N4O/c1-12-11-13(12)18-16(17-2)20-9-7-19(8-10-20)14-5-3-4-6-15(14)21/h3-6,12-13,21H,7-11H2,1-2H3,(H,17,18). The van der Waals surface area contributed by atoms with Gasteiger partial charge in [0.05, 0.1) is 5.69 Å². The molecule has 0 radical (unpaired) electrons. The molecule has 2 aliphatic rings. The first-order chi connectivity index (χ1) is 10.2. The Kier molecular flexibility index (Phi) is 3.90. The van der Waals surface area contributed by atoms with Crippen LogP contribution in [-0.2, 0) is 0 Å². The van der Waals surface area contributed by atoms with Crippen LogP contribution in [0, 0.1) is 5.92 Å². The van der Waals surface area contributed by atoms with Crippen LogP contribution in [0.4, 0.5) is 5.69 Å². The summed E-state index contributed by atoms with van der Waals surface area (Å²) in [5.41, 5.74) is 0.927. The Bertz CT molecular complexity index is 523. The molecule has 1 aromatic carbocycles. The van der Waals surface area contributed by atoms with Crippen molar-refractivity contribution in [2.24, 2.45) is 10.9 Å². The normalized spacial score (nSPS) is 25.9. The highest BCUT2D eigenvalue weighted by Gasteiger charge is 2.34. The molecule has 0 amide bonds. The highest BCUT2D eigenvalue weighted by Crippen LogP contribution is 2.30. The lowest BCUT2D eigenvalue weighted by Crippen LogP contribution is -2.53. The Morgan fingerprint density at radius 2 is 1.90 bits per heavy atom. The average molecular weight is 288 g/mol. The summed E-state index contributed by atoms with van der Waals surface area (Å²) in [4.78, 5) is 8.95. The van der Waals surface area contributed by atoms with Crippen molar-refractivity contribution in [3.8, 4) is 5.75 Å². The SMILES string of the molecule is CN=C(NC1CC1C)N1CCN(c2ccccc2O)CC1. The van der Waals surface area contributed by atoms with Crippen LogP contribution in [-0.4, -0.2) is 55.2 Å². The number of rotatable bonds is 2. The zero-order chi connectivity index (χ0) is 14.8. The van der Waals surface area contributed by atoms with Gasteiger partial charge in [0, 0.05) is 39.3 Å². The fourth-order valence-electron chi connectivity index (χ4n) is 2.88. The van der Waals surface area contributed by atoms with Gasteiger partial charge in [-0.2, -0.15) is 0 Å². The Hall–Kier alpha value is -1.91. The fourth-order valence-corrected chi connectivity index (χ4v) is 2.88. The molecule has 0 bridgehead atoms. The van der Waals surface area contributed by atoms with Gasteiger partial charge < -0.3 is 20.2 Å². The molecular formula is C16H24N4O. The van der Waals surface area contributed by atoms with Crippen LogP contribution in [0.3, 0.4) is 0 Å². The number of aromatic hydroxyl groups is 1. The highest BCUT2D eigenvalue weighted by atomic mass is 16.3. The molecule has 2 unspecified atom stereocenters. The summed E-state index contributed by atoms with van der Waals surface area (Å²) in [5.74, 6) is 2.14. The summed E-state index contributed by atoms with van der Waals surface area (Å²) < 4.78 is 0. The number of phenols is 1. The largest absolute Gasteiger partial charge is 0.506 e. The summed E-state index contributed by atoms with van der Waals surface area (Å²) >= 11 is 0. The third-order valence-electron chi connectivity index (χ3n) is 4.44. The van der Waals surface area contributed by atoms with Crippen LogP contribution in [0.15, 0.2) is 29.3 Å². The van der Waals surface area contributed by atoms with Crippen LogP contribution in [0.1, 0.15) is 13.3 Å². The van der Waals surface area contributed by atoms with E-state index in [0.717, 1.165) is 43.7 Å². The number of phenolic OH excluding ortho intramolecular Hbond substituents is 1. The van der Waals surface area contributed by atoms with Gasteiger partial charge in [0.2, 0.25) is 0 Å². The van der Waals surface area contributed by atoms with E-state index < -0.39 is 0 Å². The smallest absolute Gasteiger partial charge is 0.193 e. The number of hydrogen-bond acceptors (Lipinski definition) is 3. The molecule has 1 saturated carbocycles. The van der Waals surface area contributed by atoms with Crippen molar-refractivity contribution in [3.63, 3.8) is 0 Å². The molecule has 114 valence electrons. The van der Waals surface area contributed by atoms with E-state index in [4.69, 9.17) is 0 Å². The lowest BCUT2D eigenvalue weighted by Gasteiger charge is -2.37. The molecule has 1 aromatic rings. The molecule has 1 aliphatic carbocycles. The summed E-state index contributed by atoms with van der Waals surface area (Å²) in [7, 11) is 1.85. The van der Waals surface area contributed by atoms with E-state index in [1.165, 1.54) is 6.42 Å². The molecule has 3 rings (SSSR count). The molecule has 2 fully saturated rings. The van der Waals surface area contributed by atoms with Crippen molar-refractivity contribution in [3.05, 3.63) is 24.3 Å². The maximum Gasteiger partial charge on any atom is 0.193 e. The van der Waals surface area contributed by atoms with Gasteiger partial charge in [-0.15, -0.1) is 0 Å². The van der Waals surface area contributed by atoms with Gasteiger partial charge in [-0.1, -0.05) is 19.1 Å². The zero-order valence-corrected chi connectivity index (χ0v) is 12.8. The minimum absolute atomic E-state index is 0.361. The zero-order valence-electron chi connectivity index (χ0n) is 12.8. The lowest BCUT2D eigenvalue weighted by molar-refractivity contribution is 0.369. The Balaban J connectivity index is 1.58. The van der Waals surface area contributed by atoms with Crippen LogP contribution in [0.25, 0.3) is 0 Å². The quantitative estimate of drug-likeness (QED) is 0.639. The second-order valence-electron chi connectivity index (χ2n) is 5.97. The number of nitrogens with one attached hydrogen (secondary N) is 1. The van der Waals surface area contributed by atoms with Crippen LogP contribution < -0.4 is 10.2 Å². The maximum atomic E-state index is 9.95. The van der Waals surface area contributed by atoms with Gasteiger partial charge in [-0.05, 0) is 24.5 Å². The highest BCUT2D eigenvalue weighted by molar-refractivity contribution is 5.81. The number of hydrogen-bond donors (Lipinski definition) is 2. The van der Waals surface area contributed by atoms with Crippen molar-refractivity contribution in [1.29, 1.82) is 0 Å². The Labute approximate surface area is 126 Å². The first-order valence-electron chi connectivity index (χ1n) is 7.70. The average Bonchev–Trinajstić information content (AvgIpc) is 3.21. The van der Waals surface area contributed by atoms with Crippen molar-refractivity contribution in [2.75, 3.05) is 38.1 Å². The van der Waals surface area contributed by atoms with E-state index >= 15 is 0 Å². The van der Waals surface area contributed by atoms with Crippen LogP contribution in [0.5, 0.6) is 5.75 Å². The Morgan fingerprint density at radius 3 is 2.48 bits per heavy atom. The summed E-state index contributed by atoms with van der Waals surface area (Å²) in [6.07, 6.45) is 1.25. The summed E-state index contributed by atoms with van der Waals surface area (Å²) in [6, 6.07) is 8.15. The van der Waals surface area contributed by atoms with Gasteiger partial charge >= 0.3 is 0 Å². The summed E-state index contributed by atoms with van der Waals surface area (Å²) in [5, 5.41) is 13.5. The van der Waals surface area contributed by atoms with Crippen LogP contribution >= 0.6 is 0 Å². The number of guanidine groups is 1. The minimum atomic E-state index is 0.361. The van der Waals surface area contributed by atoms with E-state index in [1.54, 1.807) is 6.07 Å². The molecule has 5 heteroatoms. The molecular weight excluding hydrogens is 264 g/mol.